The number of hydrogen-bond donors (Lipinski definition) is 0. The summed E-state index contributed by atoms with van der Waals surface area (Å²) in [4.78, 5) is 3.96. The second-order valence-corrected chi connectivity index (χ2v) is 5.53. The Kier molecular flexibility index (Phi) is 3.65. The molecule has 0 aliphatic rings. The zero-order valence-electron chi connectivity index (χ0n) is 7.63. The molecule has 0 bridgehead atoms. The molecule has 1 rings (SSSR count). The molecule has 0 saturated carbocycles. The van der Waals surface area contributed by atoms with Gasteiger partial charge < -0.3 is 0 Å². The van der Waals surface area contributed by atoms with Crippen LogP contribution in [0.1, 0.15) is 9.88 Å². The minimum absolute atomic E-state index is 0.213. The topological polar surface area (TPSA) is 25.2 Å². The van der Waals surface area contributed by atoms with E-state index in [-0.39, 0.29) is 10.7 Å². The van der Waals surface area contributed by atoms with Crippen LogP contribution in [0.3, 0.4) is 0 Å². The van der Waals surface area contributed by atoms with E-state index in [1.54, 1.807) is 7.05 Å². The highest BCUT2D eigenvalue weighted by molar-refractivity contribution is 7.85. The summed E-state index contributed by atoms with van der Waals surface area (Å²) in [5.74, 6) is 0.546. The van der Waals surface area contributed by atoms with Crippen LogP contribution in [-0.2, 0) is 22.6 Å². The van der Waals surface area contributed by atoms with E-state index in [0.29, 0.717) is 22.0 Å². The zero-order valence-corrected chi connectivity index (χ0v) is 9.26. The van der Waals surface area contributed by atoms with Crippen molar-refractivity contribution in [2.45, 2.75) is 11.9 Å². The van der Waals surface area contributed by atoms with Crippen LogP contribution in [0.2, 0.25) is 0 Å². The van der Waals surface area contributed by atoms with E-state index in [1.165, 1.54) is 6.20 Å². The van der Waals surface area contributed by atoms with Crippen molar-refractivity contribution in [1.82, 2.24) is 4.98 Å². The van der Waals surface area contributed by atoms with E-state index >= 15 is 0 Å². The molecule has 1 atom stereocenters. The summed E-state index contributed by atoms with van der Waals surface area (Å²) < 4.78 is 40.4. The molecule has 0 saturated heterocycles. The van der Waals surface area contributed by atoms with Gasteiger partial charge >= 0.3 is 6.18 Å². The van der Waals surface area contributed by atoms with Crippen molar-refractivity contribution in [2.75, 3.05) is 13.3 Å². The van der Waals surface area contributed by atoms with Crippen LogP contribution in [0.25, 0.3) is 0 Å². The maximum absolute atomic E-state index is 12.1. The highest BCUT2D eigenvalue weighted by Gasteiger charge is 2.34. The highest BCUT2D eigenvalue weighted by atomic mass is 32.2. The number of nitrogens with zero attached hydrogens (tertiary/aromatic N) is 2. The van der Waals surface area contributed by atoms with Crippen molar-refractivity contribution in [3.8, 4) is 0 Å². The molecule has 0 fully saturated rings. The molecular formula is C7H9F3N2S2. The Morgan fingerprint density at radius 1 is 1.57 bits per heavy atom. The van der Waals surface area contributed by atoms with Gasteiger partial charge in [0.05, 0.1) is 0 Å². The summed E-state index contributed by atoms with van der Waals surface area (Å²) in [5, 5.41) is -0.777. The van der Waals surface area contributed by atoms with Gasteiger partial charge in [0.2, 0.25) is 0 Å². The molecule has 1 heterocycles. The summed E-state index contributed by atoms with van der Waals surface area (Å²) >= 11 is 0.694. The normalized spacial score (nSPS) is 14.6. The Bertz CT molecular complexity index is 343. The average molecular weight is 242 g/mol. The molecule has 2 nitrogen and oxygen atoms in total. The first kappa shape index (κ1) is 11.6. The van der Waals surface area contributed by atoms with Crippen LogP contribution in [0.5, 0.6) is 0 Å². The van der Waals surface area contributed by atoms with Crippen LogP contribution in [0.15, 0.2) is 10.6 Å². The summed E-state index contributed by atoms with van der Waals surface area (Å²) in [5.41, 5.74) is 0. The highest BCUT2D eigenvalue weighted by Crippen LogP contribution is 2.32. The van der Waals surface area contributed by atoms with Gasteiger partial charge in [-0.25, -0.2) is 4.98 Å². The largest absolute Gasteiger partial charge is 0.443 e. The fraction of sp³-hybridized carbons (Fsp3) is 0.571. The van der Waals surface area contributed by atoms with Gasteiger partial charge in [-0.05, 0) is 6.26 Å². The first-order valence-electron chi connectivity index (χ1n) is 3.68. The third-order valence-electron chi connectivity index (χ3n) is 1.46. The van der Waals surface area contributed by atoms with Crippen molar-refractivity contribution in [2.24, 2.45) is 4.36 Å². The molecule has 0 N–H and O–H groups in total. The number of hydrogen-bond acceptors (Lipinski definition) is 3. The maximum Gasteiger partial charge on any atom is 0.443 e. The molecule has 7 heteroatoms. The molecule has 0 radical (unpaired) electrons. The molecule has 0 spiro atoms. The van der Waals surface area contributed by atoms with Crippen molar-refractivity contribution in [3.63, 3.8) is 0 Å². The van der Waals surface area contributed by atoms with E-state index in [1.807, 2.05) is 6.26 Å². The second kappa shape index (κ2) is 4.39. The third-order valence-corrected chi connectivity index (χ3v) is 4.04. The molecule has 1 aromatic rings. The number of rotatable bonds is 2. The molecule has 1 unspecified atom stereocenters. The van der Waals surface area contributed by atoms with Crippen molar-refractivity contribution in [3.05, 3.63) is 16.1 Å². The van der Waals surface area contributed by atoms with Gasteiger partial charge in [0.1, 0.15) is 0 Å². The lowest BCUT2D eigenvalue weighted by atomic mass is 10.6. The number of aromatic nitrogens is 1. The quantitative estimate of drug-likeness (QED) is 0.782. The second-order valence-electron chi connectivity index (χ2n) is 2.56. The molecule has 0 aliphatic carbocycles. The van der Waals surface area contributed by atoms with Gasteiger partial charge in [0.15, 0.2) is 5.01 Å². The van der Waals surface area contributed by atoms with Gasteiger partial charge in [-0.1, -0.05) is 10.7 Å². The number of thiazole rings is 1. The summed E-state index contributed by atoms with van der Waals surface area (Å²) in [6, 6.07) is 0. The molecule has 1 aromatic heterocycles. The molecule has 14 heavy (non-hydrogen) atoms. The minimum atomic E-state index is -4.32. The maximum atomic E-state index is 12.1. The van der Waals surface area contributed by atoms with E-state index in [4.69, 9.17) is 0 Å². The number of halogens is 3. The summed E-state index contributed by atoms with van der Waals surface area (Å²) in [6.07, 6.45) is -1.16. The molecule has 80 valence electrons. The fourth-order valence-electron chi connectivity index (χ4n) is 0.776. The standard InChI is InChI=1S/C7H9F3N2S2/c1-11-14(2)4-5-3-12-6(13-5)7(8,9)10/h3H,4H2,1-2H3. The molecule has 0 amide bonds. The van der Waals surface area contributed by atoms with Crippen LogP contribution in [-0.4, -0.2) is 18.3 Å². The molecular weight excluding hydrogens is 233 g/mol. The molecule has 0 aliphatic heterocycles. The smallest absolute Gasteiger partial charge is 0.268 e. The zero-order chi connectivity index (χ0) is 10.8. The SMILES string of the molecule is CN=S(C)Cc1cnc(C(F)(F)F)s1. The van der Waals surface area contributed by atoms with E-state index in [9.17, 15) is 13.2 Å². The van der Waals surface area contributed by atoms with E-state index < -0.39 is 11.2 Å². The Labute approximate surface area is 86.3 Å². The Balaban J connectivity index is 2.79. The van der Waals surface area contributed by atoms with Gasteiger partial charge in [-0.3, -0.25) is 4.36 Å². The third kappa shape index (κ3) is 3.06. The van der Waals surface area contributed by atoms with E-state index in [0.717, 1.165) is 0 Å². The summed E-state index contributed by atoms with van der Waals surface area (Å²) in [6.45, 7) is 0. The Morgan fingerprint density at radius 3 is 2.64 bits per heavy atom. The lowest BCUT2D eigenvalue weighted by Gasteiger charge is -1.99. The van der Waals surface area contributed by atoms with Crippen molar-refractivity contribution >= 4 is 22.0 Å². The van der Waals surface area contributed by atoms with Crippen LogP contribution >= 0.6 is 11.3 Å². The van der Waals surface area contributed by atoms with Gasteiger partial charge in [-0.2, -0.15) is 13.2 Å². The monoisotopic (exact) mass is 242 g/mol. The van der Waals surface area contributed by atoms with Crippen LogP contribution in [0, 0.1) is 0 Å². The fourth-order valence-corrected chi connectivity index (χ4v) is 2.71. The Hall–Kier alpha value is -0.430. The van der Waals surface area contributed by atoms with Gasteiger partial charge in [0, 0.05) is 23.9 Å². The predicted octanol–water partition coefficient (Wildman–Crippen LogP) is 2.72. The lowest BCUT2D eigenvalue weighted by Crippen LogP contribution is -2.02. The van der Waals surface area contributed by atoms with Gasteiger partial charge in [0.25, 0.3) is 0 Å². The first-order valence-corrected chi connectivity index (χ1v) is 6.25. The molecule has 0 aromatic carbocycles. The first-order chi connectivity index (χ1) is 6.43. The van der Waals surface area contributed by atoms with Crippen molar-refractivity contribution < 1.29 is 13.2 Å². The Morgan fingerprint density at radius 2 is 2.21 bits per heavy atom. The van der Waals surface area contributed by atoms with Gasteiger partial charge in [-0.15, -0.1) is 11.3 Å². The van der Waals surface area contributed by atoms with Crippen LogP contribution in [0.4, 0.5) is 13.2 Å². The number of alkyl halides is 3. The van der Waals surface area contributed by atoms with Crippen molar-refractivity contribution in [1.29, 1.82) is 0 Å². The minimum Gasteiger partial charge on any atom is -0.268 e. The average Bonchev–Trinajstić information content (AvgIpc) is 2.51. The predicted molar refractivity (Wildman–Crippen MR) is 52.5 cm³/mol. The lowest BCUT2D eigenvalue weighted by molar-refractivity contribution is -0.137. The van der Waals surface area contributed by atoms with Crippen LogP contribution < -0.4 is 0 Å². The van der Waals surface area contributed by atoms with E-state index in [2.05, 4.69) is 9.35 Å². The summed E-state index contributed by atoms with van der Waals surface area (Å²) in [7, 11) is 1.45.